The van der Waals surface area contributed by atoms with Crippen LogP contribution >= 0.6 is 0 Å². The molecule has 0 aliphatic carbocycles. The summed E-state index contributed by atoms with van der Waals surface area (Å²) in [5.41, 5.74) is 8.34. The van der Waals surface area contributed by atoms with E-state index in [-0.39, 0.29) is 36.4 Å². The number of hydrogen-bond donors (Lipinski definition) is 2. The molecule has 2 radical (unpaired) electrons. The van der Waals surface area contributed by atoms with Crippen LogP contribution in [-0.2, 0) is 11.2 Å². The molecule has 1 aromatic carbocycles. The van der Waals surface area contributed by atoms with Crippen LogP contribution in [0.5, 0.6) is 0 Å². The Bertz CT molecular complexity index is 755. The number of piperazine rings is 1. The van der Waals surface area contributed by atoms with Crippen molar-refractivity contribution in [2.45, 2.75) is 32.4 Å². The number of rotatable bonds is 4. The summed E-state index contributed by atoms with van der Waals surface area (Å²) in [6, 6.07) is 5.02. The summed E-state index contributed by atoms with van der Waals surface area (Å²) < 4.78 is 2.23. The number of nitrogens with zero attached hydrogens (tertiary/aromatic N) is 3. The average Bonchev–Trinajstić information content (AvgIpc) is 2.71. The van der Waals surface area contributed by atoms with E-state index in [1.54, 1.807) is 0 Å². The Morgan fingerprint density at radius 1 is 1.31 bits per heavy atom. The van der Waals surface area contributed by atoms with Gasteiger partial charge in [-0.05, 0) is 0 Å². The van der Waals surface area contributed by atoms with Crippen molar-refractivity contribution in [2.75, 3.05) is 44.7 Å². The molecule has 0 saturated carbocycles. The molecule has 0 spiro atoms. The number of hydrogen-bond acceptors (Lipinski definition) is 5. The van der Waals surface area contributed by atoms with Crippen molar-refractivity contribution in [1.82, 2.24) is 13.3 Å². The molecule has 1 fully saturated rings. The van der Waals surface area contributed by atoms with Crippen LogP contribution in [0.15, 0.2) is 18.2 Å². The molecule has 2 atom stereocenters. The zero-order valence-corrected chi connectivity index (χ0v) is 19.4. The molecule has 2 heterocycles. The van der Waals surface area contributed by atoms with E-state index in [4.69, 9.17) is 5.70 Å². The van der Waals surface area contributed by atoms with Crippen LogP contribution in [-0.4, -0.2) is 82.6 Å². The molecule has 1 aromatic rings. The molecular formula is C20H29BIN4O3-. The van der Waals surface area contributed by atoms with E-state index in [9.17, 15) is 14.7 Å². The van der Waals surface area contributed by atoms with Gasteiger partial charge in [-0.15, -0.1) is 0 Å². The molecule has 0 unspecified atom stereocenters. The minimum atomic E-state index is -0.419. The summed E-state index contributed by atoms with van der Waals surface area (Å²) in [5.74, 6) is 0.00446. The van der Waals surface area contributed by atoms with Crippen molar-refractivity contribution in [3.05, 3.63) is 29.3 Å². The first-order chi connectivity index (χ1) is 13.8. The Kier molecular flexibility index (Phi) is 7.45. The molecule has 2 aliphatic rings. The normalized spacial score (nSPS) is 23.6. The van der Waals surface area contributed by atoms with Crippen LogP contribution in [0.25, 0.3) is 0 Å². The second-order valence-electron chi connectivity index (χ2n) is 8.04. The predicted octanol–water partition coefficient (Wildman–Crippen LogP) is -2.97. The molecule has 0 aromatic heterocycles. The van der Waals surface area contributed by atoms with Crippen molar-refractivity contribution in [1.29, 1.82) is 0 Å². The van der Waals surface area contributed by atoms with E-state index < -0.39 is 21.3 Å². The number of nitrogens with one attached hydrogen (secondary N) is 1. The monoisotopic (exact) mass is 511 g/mol. The van der Waals surface area contributed by atoms with Gasteiger partial charge in [0.25, 0.3) is 0 Å². The molecule has 2 N–H and O–H groups in total. The Balaban J connectivity index is 1.91. The van der Waals surface area contributed by atoms with Gasteiger partial charge in [-0.3, -0.25) is 0 Å². The first kappa shape index (κ1) is 22.4. The summed E-state index contributed by atoms with van der Waals surface area (Å²) in [6.45, 7) is 6.92. The molecule has 1 saturated heterocycles. The van der Waals surface area contributed by atoms with E-state index in [1.807, 2.05) is 48.9 Å². The molecule has 29 heavy (non-hydrogen) atoms. The minimum absolute atomic E-state index is 0.0161. The number of fused-ring (bicyclic) bond motifs is 1. The SMILES string of the molecule is [B][I-]N1CCN(C(=O)c2ccc3c(c2)N(C)[C@@H](C(C)C)C(=O)N[C@H](CO)C3)CC1. The van der Waals surface area contributed by atoms with E-state index in [2.05, 4.69) is 8.43 Å². The van der Waals surface area contributed by atoms with Crippen molar-refractivity contribution in [3.8, 4) is 0 Å². The van der Waals surface area contributed by atoms with Crippen molar-refractivity contribution in [3.63, 3.8) is 0 Å². The van der Waals surface area contributed by atoms with Crippen LogP contribution < -0.4 is 31.5 Å². The molecule has 9 heteroatoms. The van der Waals surface area contributed by atoms with Gasteiger partial charge in [-0.1, -0.05) is 0 Å². The summed E-state index contributed by atoms with van der Waals surface area (Å²) in [5, 5.41) is 12.6. The molecule has 3 rings (SSSR count). The second-order valence-corrected chi connectivity index (χ2v) is 9.96. The topological polar surface area (TPSA) is 76.1 Å². The van der Waals surface area contributed by atoms with Gasteiger partial charge in [-0.25, -0.2) is 0 Å². The molecule has 2 amide bonds. The molecular weight excluding hydrogens is 482 g/mol. The van der Waals surface area contributed by atoms with Gasteiger partial charge in [0.05, 0.1) is 0 Å². The fraction of sp³-hybridized carbons (Fsp3) is 0.600. The second kappa shape index (κ2) is 9.66. The van der Waals surface area contributed by atoms with Crippen molar-refractivity contribution < 1.29 is 36.0 Å². The maximum atomic E-state index is 13.1. The average molecular weight is 511 g/mol. The first-order valence-corrected chi connectivity index (χ1v) is 12.2. The van der Waals surface area contributed by atoms with Crippen molar-refractivity contribution >= 4 is 23.2 Å². The number of amides is 2. The standard InChI is InChI=1S/C20H29BIN4O3/c1-13(2)18-19(28)23-16(12-27)10-14-4-5-15(11-17(14)24(18)3)20(29)25-6-8-26(22-21)9-7-25/h4-5,11,13,16,18,27H,6-10,12H2,1-3H3,(H,23,28)/q-1/t16-,18-/m0/s1. The third-order valence-electron chi connectivity index (χ3n) is 5.71. The number of halogens is 1. The van der Waals surface area contributed by atoms with E-state index >= 15 is 0 Å². The first-order valence-electron chi connectivity index (χ1n) is 10.0. The summed E-state index contributed by atoms with van der Waals surface area (Å²) in [6.07, 6.45) is 0.528. The predicted molar refractivity (Wildman–Crippen MR) is 109 cm³/mol. The summed E-state index contributed by atoms with van der Waals surface area (Å²) in [4.78, 5) is 29.7. The van der Waals surface area contributed by atoms with E-state index in [0.29, 0.717) is 25.1 Å². The number of aliphatic hydroxyl groups is 1. The van der Waals surface area contributed by atoms with Crippen LogP contribution in [0.2, 0.25) is 0 Å². The third-order valence-corrected chi connectivity index (χ3v) is 7.47. The number of anilines is 1. The maximum absolute atomic E-state index is 13.1. The number of carbonyl (C=O) groups excluding carboxylic acids is 2. The van der Waals surface area contributed by atoms with Gasteiger partial charge in [0, 0.05) is 0 Å². The van der Waals surface area contributed by atoms with E-state index in [0.717, 1.165) is 24.3 Å². The number of carbonyl (C=O) groups is 2. The zero-order valence-electron chi connectivity index (χ0n) is 17.3. The van der Waals surface area contributed by atoms with Gasteiger partial charge in [0.2, 0.25) is 0 Å². The quantitative estimate of drug-likeness (QED) is 0.257. The Hall–Kier alpha value is -1.33. The Morgan fingerprint density at radius 2 is 2.00 bits per heavy atom. The fourth-order valence-electron chi connectivity index (χ4n) is 4.15. The van der Waals surface area contributed by atoms with Gasteiger partial charge >= 0.3 is 180 Å². The zero-order chi connectivity index (χ0) is 21.1. The summed E-state index contributed by atoms with van der Waals surface area (Å²) >= 11 is -0.419. The van der Waals surface area contributed by atoms with Crippen LogP contribution in [0.4, 0.5) is 5.69 Å². The summed E-state index contributed by atoms with van der Waals surface area (Å²) in [7, 11) is 1.90. The van der Waals surface area contributed by atoms with Crippen LogP contribution in [0, 0.1) is 5.92 Å². The van der Waals surface area contributed by atoms with E-state index in [1.165, 1.54) is 0 Å². The molecule has 0 bridgehead atoms. The Morgan fingerprint density at radius 3 is 2.59 bits per heavy atom. The number of likely N-dealkylation sites (N-methyl/N-ethyl adjacent to an activating group) is 1. The van der Waals surface area contributed by atoms with Gasteiger partial charge in [-0.2, -0.15) is 0 Å². The molecule has 7 nitrogen and oxygen atoms in total. The van der Waals surface area contributed by atoms with Gasteiger partial charge in [0.15, 0.2) is 0 Å². The van der Waals surface area contributed by atoms with Gasteiger partial charge < -0.3 is 5.11 Å². The number of aliphatic hydroxyl groups excluding tert-OH is 1. The Labute approximate surface area is 184 Å². The van der Waals surface area contributed by atoms with Crippen LogP contribution in [0.3, 0.4) is 0 Å². The fourth-order valence-corrected chi connectivity index (χ4v) is 5.14. The number of benzene rings is 1. The third kappa shape index (κ3) is 4.88. The van der Waals surface area contributed by atoms with Crippen molar-refractivity contribution in [2.24, 2.45) is 5.92 Å². The molecule has 2 aliphatic heterocycles. The molecule has 158 valence electrons. The van der Waals surface area contributed by atoms with Crippen LogP contribution in [0.1, 0.15) is 29.8 Å². The van der Waals surface area contributed by atoms with Gasteiger partial charge in [0.1, 0.15) is 0 Å².